The first kappa shape index (κ1) is 13.5. The molecule has 4 nitrogen and oxygen atoms in total. The van der Waals surface area contributed by atoms with Crippen LogP contribution in [0.5, 0.6) is 5.75 Å². The molecule has 1 aromatic carbocycles. The normalized spacial score (nSPS) is 12.2. The molecule has 2 aromatic rings. The van der Waals surface area contributed by atoms with Gasteiger partial charge in [-0.1, -0.05) is 12.1 Å². The predicted molar refractivity (Wildman–Crippen MR) is 75.9 cm³/mol. The Balaban J connectivity index is 2.43. The number of nitrogens with zero attached hydrogens (tertiary/aromatic N) is 1. The first-order valence-corrected chi connectivity index (χ1v) is 6.19. The van der Waals surface area contributed by atoms with Crippen molar-refractivity contribution >= 4 is 0 Å². The minimum absolute atomic E-state index is 0.145. The van der Waals surface area contributed by atoms with E-state index >= 15 is 0 Å². The lowest BCUT2D eigenvalue weighted by Crippen LogP contribution is -2.29. The van der Waals surface area contributed by atoms with E-state index in [1.54, 1.807) is 7.11 Å². The number of hydrogen-bond acceptors (Lipinski definition) is 4. The van der Waals surface area contributed by atoms with Crippen molar-refractivity contribution < 1.29 is 4.74 Å². The zero-order valence-corrected chi connectivity index (χ0v) is 11.5. The van der Waals surface area contributed by atoms with E-state index in [9.17, 15) is 0 Å². The molecule has 4 heteroatoms. The van der Waals surface area contributed by atoms with E-state index in [0.29, 0.717) is 0 Å². The van der Waals surface area contributed by atoms with Crippen LogP contribution in [-0.4, -0.2) is 12.1 Å². The number of hydrogen-bond donors (Lipinski definition) is 2. The molecule has 100 valence electrons. The molecular formula is C15H19N3O. The number of rotatable bonds is 4. The van der Waals surface area contributed by atoms with Crippen molar-refractivity contribution in [3.8, 4) is 5.75 Å². The van der Waals surface area contributed by atoms with Gasteiger partial charge in [-0.25, -0.2) is 5.43 Å². The lowest BCUT2D eigenvalue weighted by Gasteiger charge is -2.17. The van der Waals surface area contributed by atoms with Gasteiger partial charge < -0.3 is 4.74 Å². The van der Waals surface area contributed by atoms with Gasteiger partial charge in [-0.3, -0.25) is 10.8 Å². The SMILES string of the molecule is COc1cccc(C(NN)c2cc(C)cc(C)n2)c1. The molecule has 0 aliphatic rings. The molecule has 0 aliphatic heterocycles. The Labute approximate surface area is 113 Å². The van der Waals surface area contributed by atoms with Gasteiger partial charge in [0.15, 0.2) is 0 Å². The Morgan fingerprint density at radius 2 is 2.00 bits per heavy atom. The van der Waals surface area contributed by atoms with Gasteiger partial charge >= 0.3 is 0 Å². The second kappa shape index (κ2) is 5.82. The maximum Gasteiger partial charge on any atom is 0.119 e. The molecule has 0 saturated heterocycles. The van der Waals surface area contributed by atoms with E-state index in [2.05, 4.69) is 17.3 Å². The number of hydrazine groups is 1. The first-order chi connectivity index (χ1) is 9.13. The quantitative estimate of drug-likeness (QED) is 0.651. The van der Waals surface area contributed by atoms with Crippen LogP contribution in [0.4, 0.5) is 0 Å². The Morgan fingerprint density at radius 1 is 1.21 bits per heavy atom. The first-order valence-electron chi connectivity index (χ1n) is 6.19. The molecule has 1 atom stereocenters. The fraction of sp³-hybridized carbons (Fsp3) is 0.267. The third-order valence-electron chi connectivity index (χ3n) is 3.01. The average Bonchev–Trinajstić information content (AvgIpc) is 2.39. The summed E-state index contributed by atoms with van der Waals surface area (Å²) in [5.74, 6) is 6.51. The van der Waals surface area contributed by atoms with Crippen molar-refractivity contribution in [3.05, 3.63) is 58.9 Å². The van der Waals surface area contributed by atoms with Gasteiger partial charge in [0.2, 0.25) is 0 Å². The zero-order valence-electron chi connectivity index (χ0n) is 11.5. The van der Waals surface area contributed by atoms with E-state index in [1.165, 1.54) is 5.56 Å². The number of nitrogens with one attached hydrogen (secondary N) is 1. The Bertz CT molecular complexity index is 549. The van der Waals surface area contributed by atoms with Gasteiger partial charge in [0.05, 0.1) is 18.8 Å². The molecule has 0 fully saturated rings. The number of ether oxygens (including phenoxy) is 1. The summed E-state index contributed by atoms with van der Waals surface area (Å²) >= 11 is 0. The van der Waals surface area contributed by atoms with Gasteiger partial charge in [-0.2, -0.15) is 0 Å². The lowest BCUT2D eigenvalue weighted by atomic mass is 10.0. The van der Waals surface area contributed by atoms with Gasteiger partial charge in [0.25, 0.3) is 0 Å². The van der Waals surface area contributed by atoms with Crippen molar-refractivity contribution in [3.63, 3.8) is 0 Å². The maximum absolute atomic E-state index is 5.70. The summed E-state index contributed by atoms with van der Waals surface area (Å²) < 4.78 is 5.24. The van der Waals surface area contributed by atoms with E-state index in [-0.39, 0.29) is 6.04 Å². The number of nitrogens with two attached hydrogens (primary N) is 1. The van der Waals surface area contributed by atoms with Gasteiger partial charge in [-0.15, -0.1) is 0 Å². The van der Waals surface area contributed by atoms with E-state index in [0.717, 1.165) is 22.7 Å². The van der Waals surface area contributed by atoms with Gasteiger partial charge in [0, 0.05) is 5.69 Å². The lowest BCUT2D eigenvalue weighted by molar-refractivity contribution is 0.413. The molecule has 1 heterocycles. The zero-order chi connectivity index (χ0) is 13.8. The summed E-state index contributed by atoms with van der Waals surface area (Å²) in [6.07, 6.45) is 0. The molecule has 2 rings (SSSR count). The highest BCUT2D eigenvalue weighted by molar-refractivity contribution is 5.35. The highest BCUT2D eigenvalue weighted by atomic mass is 16.5. The van der Waals surface area contributed by atoms with Crippen molar-refractivity contribution in [2.75, 3.05) is 7.11 Å². The Morgan fingerprint density at radius 3 is 2.63 bits per heavy atom. The fourth-order valence-electron chi connectivity index (χ4n) is 2.19. The molecule has 19 heavy (non-hydrogen) atoms. The summed E-state index contributed by atoms with van der Waals surface area (Å²) in [7, 11) is 1.65. The monoisotopic (exact) mass is 257 g/mol. The summed E-state index contributed by atoms with van der Waals surface area (Å²) in [5, 5.41) is 0. The summed E-state index contributed by atoms with van der Waals surface area (Å²) in [4.78, 5) is 4.55. The smallest absolute Gasteiger partial charge is 0.119 e. The second-order valence-corrected chi connectivity index (χ2v) is 4.59. The highest BCUT2D eigenvalue weighted by Crippen LogP contribution is 2.24. The van der Waals surface area contributed by atoms with Crippen LogP contribution in [0.3, 0.4) is 0 Å². The van der Waals surface area contributed by atoms with E-state index in [4.69, 9.17) is 10.6 Å². The summed E-state index contributed by atoms with van der Waals surface area (Å²) in [6.45, 7) is 4.03. The predicted octanol–water partition coefficient (Wildman–Crippen LogP) is 2.26. The van der Waals surface area contributed by atoms with Crippen LogP contribution in [0.25, 0.3) is 0 Å². The molecule has 0 aliphatic carbocycles. The summed E-state index contributed by atoms with van der Waals surface area (Å²) in [6, 6.07) is 11.8. The number of pyridine rings is 1. The second-order valence-electron chi connectivity index (χ2n) is 4.59. The third-order valence-corrected chi connectivity index (χ3v) is 3.01. The van der Waals surface area contributed by atoms with Crippen molar-refractivity contribution in [2.45, 2.75) is 19.9 Å². The maximum atomic E-state index is 5.70. The van der Waals surface area contributed by atoms with Crippen LogP contribution >= 0.6 is 0 Å². The van der Waals surface area contributed by atoms with Crippen molar-refractivity contribution in [2.24, 2.45) is 5.84 Å². The average molecular weight is 257 g/mol. The highest BCUT2D eigenvalue weighted by Gasteiger charge is 2.15. The number of aromatic nitrogens is 1. The number of aryl methyl sites for hydroxylation is 2. The fourth-order valence-corrected chi connectivity index (χ4v) is 2.19. The summed E-state index contributed by atoms with van der Waals surface area (Å²) in [5.41, 5.74) is 6.92. The minimum Gasteiger partial charge on any atom is -0.497 e. The molecule has 3 N–H and O–H groups in total. The standard InChI is InChI=1S/C15H19N3O/c1-10-7-11(2)17-14(8-10)15(18-16)12-5-4-6-13(9-12)19-3/h4-9,15,18H,16H2,1-3H3. The van der Waals surface area contributed by atoms with E-state index in [1.807, 2.05) is 43.3 Å². The number of benzene rings is 1. The van der Waals surface area contributed by atoms with Crippen LogP contribution in [0.1, 0.15) is 28.6 Å². The van der Waals surface area contributed by atoms with Crippen LogP contribution in [0, 0.1) is 13.8 Å². The van der Waals surface area contributed by atoms with Gasteiger partial charge in [-0.05, 0) is 49.2 Å². The van der Waals surface area contributed by atoms with E-state index < -0.39 is 0 Å². The molecule has 1 unspecified atom stereocenters. The molecule has 0 radical (unpaired) electrons. The molecule has 0 amide bonds. The molecule has 0 spiro atoms. The molecular weight excluding hydrogens is 238 g/mol. The molecule has 1 aromatic heterocycles. The third kappa shape index (κ3) is 3.10. The molecule has 0 bridgehead atoms. The van der Waals surface area contributed by atoms with Crippen LogP contribution < -0.4 is 16.0 Å². The van der Waals surface area contributed by atoms with Crippen LogP contribution in [0.2, 0.25) is 0 Å². The van der Waals surface area contributed by atoms with Crippen molar-refractivity contribution in [1.29, 1.82) is 0 Å². The van der Waals surface area contributed by atoms with Crippen molar-refractivity contribution in [1.82, 2.24) is 10.4 Å². The topological polar surface area (TPSA) is 60.2 Å². The Hall–Kier alpha value is -1.91. The molecule has 0 saturated carbocycles. The largest absolute Gasteiger partial charge is 0.497 e. The Kier molecular flexibility index (Phi) is 4.14. The van der Waals surface area contributed by atoms with Gasteiger partial charge in [0.1, 0.15) is 5.75 Å². The number of methoxy groups -OCH3 is 1. The van der Waals surface area contributed by atoms with Crippen LogP contribution in [-0.2, 0) is 0 Å². The minimum atomic E-state index is -0.145. The van der Waals surface area contributed by atoms with Crippen LogP contribution in [0.15, 0.2) is 36.4 Å².